The molecule has 0 unspecified atom stereocenters. The summed E-state index contributed by atoms with van der Waals surface area (Å²) >= 11 is 12.0. The van der Waals surface area contributed by atoms with Gasteiger partial charge in [-0.05, 0) is 29.3 Å². The summed E-state index contributed by atoms with van der Waals surface area (Å²) in [4.78, 5) is 11.1. The Morgan fingerprint density at radius 2 is 1.68 bits per heavy atom. The van der Waals surface area contributed by atoms with Crippen LogP contribution >= 0.6 is 23.2 Å². The van der Waals surface area contributed by atoms with Crippen molar-refractivity contribution >= 4 is 29.2 Å². The van der Waals surface area contributed by atoms with Gasteiger partial charge in [-0.15, -0.1) is 0 Å². The normalized spacial score (nSPS) is 12.1. The van der Waals surface area contributed by atoms with E-state index >= 15 is 0 Å². The minimum Gasteiger partial charge on any atom is -0.481 e. The van der Waals surface area contributed by atoms with Crippen molar-refractivity contribution in [2.45, 2.75) is 12.3 Å². The Bertz CT molecular complexity index is 579. The van der Waals surface area contributed by atoms with E-state index in [2.05, 4.69) is 0 Å². The highest BCUT2D eigenvalue weighted by atomic mass is 35.5. The van der Waals surface area contributed by atoms with Gasteiger partial charge in [0.25, 0.3) is 0 Å². The van der Waals surface area contributed by atoms with E-state index in [4.69, 9.17) is 28.3 Å². The molecule has 1 atom stereocenters. The number of rotatable bonds is 4. The van der Waals surface area contributed by atoms with E-state index in [0.29, 0.717) is 10.0 Å². The zero-order chi connectivity index (χ0) is 13.8. The lowest BCUT2D eigenvalue weighted by atomic mass is 9.88. The molecule has 0 radical (unpaired) electrons. The molecular weight excluding hydrogens is 283 g/mol. The molecule has 19 heavy (non-hydrogen) atoms. The Hall–Kier alpha value is -1.51. The first-order chi connectivity index (χ1) is 9.08. The molecule has 0 saturated heterocycles. The summed E-state index contributed by atoms with van der Waals surface area (Å²) in [5, 5.41) is 10.3. The number of carboxylic acid groups (broad SMARTS) is 1. The monoisotopic (exact) mass is 294 g/mol. The maximum Gasteiger partial charge on any atom is 0.304 e. The predicted octanol–water partition coefficient (Wildman–Crippen LogP) is 4.60. The van der Waals surface area contributed by atoms with Gasteiger partial charge < -0.3 is 5.11 Å². The highest BCUT2D eigenvalue weighted by molar-refractivity contribution is 6.31. The fourth-order valence-corrected chi connectivity index (χ4v) is 2.43. The molecule has 0 aliphatic rings. The van der Waals surface area contributed by atoms with E-state index in [0.717, 1.165) is 11.1 Å². The minimum atomic E-state index is -0.861. The fourth-order valence-electron chi connectivity index (χ4n) is 2.03. The van der Waals surface area contributed by atoms with E-state index in [1.54, 1.807) is 18.2 Å². The van der Waals surface area contributed by atoms with Crippen LogP contribution in [0, 0.1) is 0 Å². The summed E-state index contributed by atoms with van der Waals surface area (Å²) in [6.07, 6.45) is -0.00857. The van der Waals surface area contributed by atoms with E-state index in [1.807, 2.05) is 30.3 Å². The van der Waals surface area contributed by atoms with Gasteiger partial charge in [0.1, 0.15) is 0 Å². The van der Waals surface area contributed by atoms with Gasteiger partial charge in [-0.3, -0.25) is 4.79 Å². The second kappa shape index (κ2) is 6.09. The topological polar surface area (TPSA) is 37.3 Å². The van der Waals surface area contributed by atoms with Crippen LogP contribution in [-0.2, 0) is 4.79 Å². The van der Waals surface area contributed by atoms with Crippen LogP contribution in [0.15, 0.2) is 48.5 Å². The number of hydrogen-bond donors (Lipinski definition) is 1. The lowest BCUT2D eigenvalue weighted by Crippen LogP contribution is -2.08. The first kappa shape index (κ1) is 13.9. The van der Waals surface area contributed by atoms with Gasteiger partial charge in [-0.25, -0.2) is 0 Å². The number of carboxylic acids is 1. The van der Waals surface area contributed by atoms with Crippen LogP contribution in [-0.4, -0.2) is 11.1 Å². The molecule has 0 aliphatic carbocycles. The number of aliphatic carboxylic acids is 1. The second-order valence-corrected chi connectivity index (χ2v) is 5.07. The lowest BCUT2D eigenvalue weighted by molar-refractivity contribution is -0.137. The average Bonchev–Trinajstić information content (AvgIpc) is 2.38. The molecule has 0 bridgehead atoms. The molecule has 2 aromatic carbocycles. The summed E-state index contributed by atoms with van der Waals surface area (Å²) in [7, 11) is 0. The summed E-state index contributed by atoms with van der Waals surface area (Å²) in [5.74, 6) is -1.14. The van der Waals surface area contributed by atoms with E-state index in [-0.39, 0.29) is 12.3 Å². The van der Waals surface area contributed by atoms with Gasteiger partial charge in [0, 0.05) is 16.0 Å². The Labute approximate surface area is 121 Å². The molecule has 2 rings (SSSR count). The Balaban J connectivity index is 2.44. The predicted molar refractivity (Wildman–Crippen MR) is 77.0 cm³/mol. The van der Waals surface area contributed by atoms with Crippen LogP contribution in [0.1, 0.15) is 23.5 Å². The molecule has 4 heteroatoms. The number of halogens is 2. The average molecular weight is 295 g/mol. The molecular formula is C15H12Cl2O2. The smallest absolute Gasteiger partial charge is 0.304 e. The van der Waals surface area contributed by atoms with Crippen molar-refractivity contribution in [2.24, 2.45) is 0 Å². The van der Waals surface area contributed by atoms with Crippen molar-refractivity contribution in [2.75, 3.05) is 0 Å². The van der Waals surface area contributed by atoms with Crippen molar-refractivity contribution in [3.05, 3.63) is 69.7 Å². The molecule has 0 fully saturated rings. The molecule has 0 aromatic heterocycles. The highest BCUT2D eigenvalue weighted by Crippen LogP contribution is 2.33. The van der Waals surface area contributed by atoms with E-state index in [1.165, 1.54) is 0 Å². The van der Waals surface area contributed by atoms with Crippen LogP contribution in [0.5, 0.6) is 0 Å². The first-order valence-electron chi connectivity index (χ1n) is 5.79. The van der Waals surface area contributed by atoms with E-state index in [9.17, 15) is 4.79 Å². The van der Waals surface area contributed by atoms with Gasteiger partial charge in [-0.1, -0.05) is 53.5 Å². The Morgan fingerprint density at radius 1 is 1.05 bits per heavy atom. The van der Waals surface area contributed by atoms with Crippen LogP contribution < -0.4 is 0 Å². The first-order valence-corrected chi connectivity index (χ1v) is 6.55. The second-order valence-electron chi connectivity index (χ2n) is 4.22. The van der Waals surface area contributed by atoms with Crippen molar-refractivity contribution in [3.63, 3.8) is 0 Å². The number of carbonyl (C=O) groups is 1. The van der Waals surface area contributed by atoms with Crippen LogP contribution in [0.3, 0.4) is 0 Å². The molecule has 98 valence electrons. The molecule has 2 aromatic rings. The SMILES string of the molecule is O=C(O)C[C@H](c1ccc(Cl)cc1)c1ccccc1Cl. The molecule has 0 saturated carbocycles. The van der Waals surface area contributed by atoms with Gasteiger partial charge in [0.05, 0.1) is 6.42 Å². The van der Waals surface area contributed by atoms with Crippen molar-refractivity contribution in [1.29, 1.82) is 0 Å². The maximum atomic E-state index is 11.1. The number of hydrogen-bond acceptors (Lipinski definition) is 1. The third-order valence-corrected chi connectivity index (χ3v) is 3.53. The van der Waals surface area contributed by atoms with Gasteiger partial charge in [0.2, 0.25) is 0 Å². The van der Waals surface area contributed by atoms with Gasteiger partial charge in [0.15, 0.2) is 0 Å². The molecule has 2 nitrogen and oxygen atoms in total. The quantitative estimate of drug-likeness (QED) is 0.895. The Kier molecular flexibility index (Phi) is 4.46. The summed E-state index contributed by atoms with van der Waals surface area (Å²) in [6.45, 7) is 0. The minimum absolute atomic E-state index is 0.00857. The summed E-state index contributed by atoms with van der Waals surface area (Å²) in [5.41, 5.74) is 1.70. The van der Waals surface area contributed by atoms with Crippen LogP contribution in [0.4, 0.5) is 0 Å². The van der Waals surface area contributed by atoms with Gasteiger partial charge >= 0.3 is 5.97 Å². The lowest BCUT2D eigenvalue weighted by Gasteiger charge is -2.17. The largest absolute Gasteiger partial charge is 0.481 e. The zero-order valence-corrected chi connectivity index (χ0v) is 11.5. The zero-order valence-electron chi connectivity index (χ0n) is 10.0. The van der Waals surface area contributed by atoms with Crippen LogP contribution in [0.2, 0.25) is 10.0 Å². The summed E-state index contributed by atoms with van der Waals surface area (Å²) in [6, 6.07) is 14.5. The van der Waals surface area contributed by atoms with Crippen molar-refractivity contribution in [3.8, 4) is 0 Å². The van der Waals surface area contributed by atoms with E-state index < -0.39 is 5.97 Å². The molecule has 0 amide bonds. The standard InChI is InChI=1S/C15H12Cl2O2/c16-11-7-5-10(6-8-11)13(9-15(18)19)12-3-1-2-4-14(12)17/h1-8,13H,9H2,(H,18,19)/t13-/m1/s1. The fraction of sp³-hybridized carbons (Fsp3) is 0.133. The van der Waals surface area contributed by atoms with Crippen LogP contribution in [0.25, 0.3) is 0 Å². The molecule has 0 heterocycles. The molecule has 0 aliphatic heterocycles. The van der Waals surface area contributed by atoms with Crippen molar-refractivity contribution < 1.29 is 9.90 Å². The molecule has 0 spiro atoms. The van der Waals surface area contributed by atoms with Gasteiger partial charge in [-0.2, -0.15) is 0 Å². The van der Waals surface area contributed by atoms with Crippen molar-refractivity contribution in [1.82, 2.24) is 0 Å². The number of benzene rings is 2. The summed E-state index contributed by atoms with van der Waals surface area (Å²) < 4.78 is 0. The Morgan fingerprint density at radius 3 is 2.26 bits per heavy atom. The molecule has 1 N–H and O–H groups in total. The maximum absolute atomic E-state index is 11.1. The third kappa shape index (κ3) is 3.49. The third-order valence-electron chi connectivity index (χ3n) is 2.93. The highest BCUT2D eigenvalue weighted by Gasteiger charge is 2.19.